The van der Waals surface area contributed by atoms with E-state index in [0.29, 0.717) is 24.8 Å². The fourth-order valence-corrected chi connectivity index (χ4v) is 0.863. The Balaban J connectivity index is 2.45. The van der Waals surface area contributed by atoms with E-state index in [0.717, 1.165) is 0 Å². The Kier molecular flexibility index (Phi) is 3.71. The second-order valence-corrected chi connectivity index (χ2v) is 3.11. The Hall–Kier alpha value is -1.09. The molecule has 0 heterocycles. The van der Waals surface area contributed by atoms with Crippen LogP contribution >= 0.6 is 0 Å². The first kappa shape index (κ1) is 9.99. The number of nitrogens with two attached hydrogens (primary N) is 1. The van der Waals surface area contributed by atoms with E-state index in [9.17, 15) is 4.39 Å². The van der Waals surface area contributed by atoms with Gasteiger partial charge in [-0.15, -0.1) is 0 Å². The molecule has 2 nitrogen and oxygen atoms in total. The standard InChI is InChI=1S/C10H14FNO/c1-8(6-12)7-13-10-4-2-3-9(11)5-10/h2-5,8H,6-7,12H2,1H3. The van der Waals surface area contributed by atoms with Crippen LogP contribution < -0.4 is 10.5 Å². The average Bonchev–Trinajstić information content (AvgIpc) is 2.14. The van der Waals surface area contributed by atoms with Crippen molar-refractivity contribution in [2.75, 3.05) is 13.2 Å². The van der Waals surface area contributed by atoms with Crippen molar-refractivity contribution in [3.05, 3.63) is 30.1 Å². The summed E-state index contributed by atoms with van der Waals surface area (Å²) in [6.07, 6.45) is 0. The van der Waals surface area contributed by atoms with E-state index in [2.05, 4.69) is 0 Å². The minimum absolute atomic E-state index is 0.280. The molecule has 0 radical (unpaired) electrons. The largest absolute Gasteiger partial charge is 0.493 e. The molecule has 1 unspecified atom stereocenters. The molecule has 1 atom stereocenters. The maximum atomic E-state index is 12.7. The quantitative estimate of drug-likeness (QED) is 0.772. The van der Waals surface area contributed by atoms with E-state index >= 15 is 0 Å². The molecule has 2 N–H and O–H groups in total. The number of rotatable bonds is 4. The van der Waals surface area contributed by atoms with Crippen LogP contribution in [0, 0.1) is 11.7 Å². The Labute approximate surface area is 77.5 Å². The zero-order chi connectivity index (χ0) is 9.68. The van der Waals surface area contributed by atoms with Crippen LogP contribution in [0.2, 0.25) is 0 Å². The molecule has 0 aliphatic rings. The van der Waals surface area contributed by atoms with E-state index in [1.807, 2.05) is 6.92 Å². The Morgan fingerprint density at radius 1 is 1.54 bits per heavy atom. The molecule has 0 fully saturated rings. The van der Waals surface area contributed by atoms with Gasteiger partial charge in [0.15, 0.2) is 0 Å². The molecule has 0 aliphatic carbocycles. The lowest BCUT2D eigenvalue weighted by Gasteiger charge is -2.10. The third kappa shape index (κ3) is 3.42. The fourth-order valence-electron chi connectivity index (χ4n) is 0.863. The molecule has 13 heavy (non-hydrogen) atoms. The first-order chi connectivity index (χ1) is 6.22. The Bertz CT molecular complexity index is 265. The minimum Gasteiger partial charge on any atom is -0.493 e. The molecule has 1 aromatic carbocycles. The molecule has 1 rings (SSSR count). The number of halogens is 1. The maximum absolute atomic E-state index is 12.7. The van der Waals surface area contributed by atoms with E-state index in [1.54, 1.807) is 12.1 Å². The summed E-state index contributed by atoms with van der Waals surface area (Å²) in [7, 11) is 0. The van der Waals surface area contributed by atoms with Crippen molar-refractivity contribution in [1.82, 2.24) is 0 Å². The summed E-state index contributed by atoms with van der Waals surface area (Å²) in [5.74, 6) is 0.571. The summed E-state index contributed by atoms with van der Waals surface area (Å²) in [6.45, 7) is 3.09. The van der Waals surface area contributed by atoms with Crippen molar-refractivity contribution in [1.29, 1.82) is 0 Å². The molecule has 0 aromatic heterocycles. The van der Waals surface area contributed by atoms with Gasteiger partial charge in [0.1, 0.15) is 11.6 Å². The highest BCUT2D eigenvalue weighted by atomic mass is 19.1. The van der Waals surface area contributed by atoms with Gasteiger partial charge in [-0.25, -0.2) is 4.39 Å². The molecule has 3 heteroatoms. The fraction of sp³-hybridized carbons (Fsp3) is 0.400. The lowest BCUT2D eigenvalue weighted by molar-refractivity contribution is 0.263. The number of hydrogen-bond donors (Lipinski definition) is 1. The van der Waals surface area contributed by atoms with Gasteiger partial charge in [-0.05, 0) is 18.7 Å². The van der Waals surface area contributed by atoms with Crippen LogP contribution in [0.1, 0.15) is 6.92 Å². The summed E-state index contributed by atoms with van der Waals surface area (Å²) < 4.78 is 18.0. The zero-order valence-electron chi connectivity index (χ0n) is 7.66. The highest BCUT2D eigenvalue weighted by Gasteiger charge is 2.00. The summed E-state index contributed by atoms with van der Waals surface area (Å²) in [6, 6.07) is 6.10. The second kappa shape index (κ2) is 4.82. The van der Waals surface area contributed by atoms with Gasteiger partial charge in [0, 0.05) is 12.0 Å². The van der Waals surface area contributed by atoms with Crippen LogP contribution in [0.15, 0.2) is 24.3 Å². The molecule has 0 aliphatic heterocycles. The van der Waals surface area contributed by atoms with E-state index in [-0.39, 0.29) is 5.82 Å². The SMILES string of the molecule is CC(CN)COc1cccc(F)c1. The average molecular weight is 183 g/mol. The highest BCUT2D eigenvalue weighted by molar-refractivity contribution is 5.22. The van der Waals surface area contributed by atoms with Crippen molar-refractivity contribution in [3.63, 3.8) is 0 Å². The maximum Gasteiger partial charge on any atom is 0.126 e. The van der Waals surface area contributed by atoms with Gasteiger partial charge in [-0.2, -0.15) is 0 Å². The second-order valence-electron chi connectivity index (χ2n) is 3.11. The van der Waals surface area contributed by atoms with Crippen LogP contribution in [0.25, 0.3) is 0 Å². The summed E-state index contributed by atoms with van der Waals surface area (Å²) in [5.41, 5.74) is 5.41. The lowest BCUT2D eigenvalue weighted by atomic mass is 10.2. The zero-order valence-corrected chi connectivity index (χ0v) is 7.66. The number of ether oxygens (including phenoxy) is 1. The summed E-state index contributed by atoms with van der Waals surface area (Å²) >= 11 is 0. The Morgan fingerprint density at radius 3 is 2.92 bits per heavy atom. The van der Waals surface area contributed by atoms with Gasteiger partial charge in [-0.1, -0.05) is 13.0 Å². The first-order valence-electron chi connectivity index (χ1n) is 4.31. The minimum atomic E-state index is -0.280. The molecule has 0 saturated heterocycles. The van der Waals surface area contributed by atoms with E-state index in [1.165, 1.54) is 12.1 Å². The van der Waals surface area contributed by atoms with Gasteiger partial charge in [0.2, 0.25) is 0 Å². The van der Waals surface area contributed by atoms with Crippen LogP contribution in [-0.4, -0.2) is 13.2 Å². The van der Waals surface area contributed by atoms with Gasteiger partial charge in [0.05, 0.1) is 6.61 Å². The van der Waals surface area contributed by atoms with Crippen molar-refractivity contribution in [2.24, 2.45) is 11.7 Å². The predicted octanol–water partition coefficient (Wildman–Crippen LogP) is 1.80. The topological polar surface area (TPSA) is 35.2 Å². The normalized spacial score (nSPS) is 12.5. The smallest absolute Gasteiger partial charge is 0.126 e. The van der Waals surface area contributed by atoms with Crippen LogP contribution in [0.5, 0.6) is 5.75 Å². The van der Waals surface area contributed by atoms with Crippen molar-refractivity contribution in [2.45, 2.75) is 6.92 Å². The van der Waals surface area contributed by atoms with Gasteiger partial charge in [-0.3, -0.25) is 0 Å². The molecule has 0 bridgehead atoms. The van der Waals surface area contributed by atoms with Crippen molar-refractivity contribution >= 4 is 0 Å². The van der Waals surface area contributed by atoms with E-state index < -0.39 is 0 Å². The van der Waals surface area contributed by atoms with Gasteiger partial charge < -0.3 is 10.5 Å². The monoisotopic (exact) mass is 183 g/mol. The van der Waals surface area contributed by atoms with Gasteiger partial charge in [0.25, 0.3) is 0 Å². The first-order valence-corrected chi connectivity index (χ1v) is 4.31. The van der Waals surface area contributed by atoms with E-state index in [4.69, 9.17) is 10.5 Å². The van der Waals surface area contributed by atoms with Crippen LogP contribution in [0.4, 0.5) is 4.39 Å². The van der Waals surface area contributed by atoms with Crippen LogP contribution in [-0.2, 0) is 0 Å². The lowest BCUT2D eigenvalue weighted by Crippen LogP contribution is -2.18. The van der Waals surface area contributed by atoms with Crippen molar-refractivity contribution < 1.29 is 9.13 Å². The highest BCUT2D eigenvalue weighted by Crippen LogP contribution is 2.12. The molecular weight excluding hydrogens is 169 g/mol. The third-order valence-electron chi connectivity index (χ3n) is 1.73. The molecule has 0 saturated carbocycles. The third-order valence-corrected chi connectivity index (χ3v) is 1.73. The van der Waals surface area contributed by atoms with Crippen molar-refractivity contribution in [3.8, 4) is 5.75 Å². The molecular formula is C10H14FNO. The number of benzene rings is 1. The van der Waals surface area contributed by atoms with Crippen LogP contribution in [0.3, 0.4) is 0 Å². The summed E-state index contributed by atoms with van der Waals surface area (Å²) in [5, 5.41) is 0. The molecule has 72 valence electrons. The summed E-state index contributed by atoms with van der Waals surface area (Å²) in [4.78, 5) is 0. The Morgan fingerprint density at radius 2 is 2.31 bits per heavy atom. The molecule has 1 aromatic rings. The molecule has 0 spiro atoms. The number of hydrogen-bond acceptors (Lipinski definition) is 2. The predicted molar refractivity (Wildman–Crippen MR) is 50.1 cm³/mol. The van der Waals surface area contributed by atoms with Gasteiger partial charge >= 0.3 is 0 Å². The molecule has 0 amide bonds.